The first-order chi connectivity index (χ1) is 12.9. The molecule has 0 atom stereocenters. The first-order valence-electron chi connectivity index (χ1n) is 8.35. The van der Waals surface area contributed by atoms with E-state index in [9.17, 15) is 14.0 Å². The second kappa shape index (κ2) is 7.82. The normalized spacial score (nSPS) is 10.5. The van der Waals surface area contributed by atoms with E-state index in [4.69, 9.17) is 0 Å². The molecule has 27 heavy (non-hydrogen) atoms. The van der Waals surface area contributed by atoms with E-state index in [1.807, 2.05) is 43.3 Å². The van der Waals surface area contributed by atoms with Crippen LogP contribution in [0.1, 0.15) is 16.1 Å². The first-order valence-corrected chi connectivity index (χ1v) is 8.35. The minimum absolute atomic E-state index is 0.0997. The summed E-state index contributed by atoms with van der Waals surface area (Å²) in [5, 5.41) is 6.88. The monoisotopic (exact) mass is 366 g/mol. The maximum Gasteiger partial charge on any atom is 0.272 e. The van der Waals surface area contributed by atoms with Crippen molar-refractivity contribution in [3.05, 3.63) is 88.1 Å². The van der Waals surface area contributed by atoms with Crippen molar-refractivity contribution in [3.63, 3.8) is 0 Å². The van der Waals surface area contributed by atoms with Gasteiger partial charge in [0.25, 0.3) is 11.5 Å². The number of nitrogens with one attached hydrogen (secondary N) is 1. The number of benzene rings is 2. The summed E-state index contributed by atoms with van der Waals surface area (Å²) < 4.78 is 14.1. The fraction of sp³-hybridized carbons (Fsp3) is 0.150. The standard InChI is InChI=1S/C20H19FN4O2/c1-24(2)17-5-3-4-14(12-17)13-22-20(27)18-10-11-19(26)25(23-18)16-8-6-15(21)7-9-16/h3-12H,13H2,1-2H3,(H,22,27). The van der Waals surface area contributed by atoms with Crippen molar-refractivity contribution >= 4 is 11.6 Å². The van der Waals surface area contributed by atoms with Crippen LogP contribution in [-0.2, 0) is 6.54 Å². The number of aromatic nitrogens is 2. The summed E-state index contributed by atoms with van der Waals surface area (Å²) in [6.07, 6.45) is 0. The van der Waals surface area contributed by atoms with Gasteiger partial charge in [0.15, 0.2) is 0 Å². The van der Waals surface area contributed by atoms with Gasteiger partial charge in [-0.15, -0.1) is 0 Å². The summed E-state index contributed by atoms with van der Waals surface area (Å²) in [6.45, 7) is 0.331. The number of rotatable bonds is 5. The zero-order valence-corrected chi connectivity index (χ0v) is 15.0. The number of anilines is 1. The molecular formula is C20H19FN4O2. The van der Waals surface area contributed by atoms with Gasteiger partial charge >= 0.3 is 0 Å². The molecule has 0 spiro atoms. The van der Waals surface area contributed by atoms with Gasteiger partial charge in [0, 0.05) is 32.4 Å². The zero-order chi connectivity index (χ0) is 19.4. The van der Waals surface area contributed by atoms with Crippen LogP contribution < -0.4 is 15.8 Å². The highest BCUT2D eigenvalue weighted by Gasteiger charge is 2.11. The Balaban J connectivity index is 1.77. The Morgan fingerprint density at radius 3 is 2.56 bits per heavy atom. The van der Waals surface area contributed by atoms with Crippen molar-refractivity contribution < 1.29 is 9.18 Å². The number of halogens is 1. The average molecular weight is 366 g/mol. The molecule has 3 aromatic rings. The van der Waals surface area contributed by atoms with E-state index in [1.165, 1.54) is 36.4 Å². The zero-order valence-electron chi connectivity index (χ0n) is 15.0. The summed E-state index contributed by atoms with van der Waals surface area (Å²) in [5.41, 5.74) is 2.06. The summed E-state index contributed by atoms with van der Waals surface area (Å²) in [7, 11) is 3.89. The van der Waals surface area contributed by atoms with Crippen LogP contribution in [0.3, 0.4) is 0 Å². The third kappa shape index (κ3) is 4.38. The van der Waals surface area contributed by atoms with Crippen LogP contribution in [0.15, 0.2) is 65.5 Å². The highest BCUT2D eigenvalue weighted by molar-refractivity contribution is 5.92. The number of carbonyl (C=O) groups is 1. The molecule has 0 aliphatic rings. The van der Waals surface area contributed by atoms with Crippen LogP contribution in [0.2, 0.25) is 0 Å². The van der Waals surface area contributed by atoms with Crippen LogP contribution in [-0.4, -0.2) is 29.8 Å². The third-order valence-corrected chi connectivity index (χ3v) is 3.98. The summed E-state index contributed by atoms with van der Waals surface area (Å²) in [4.78, 5) is 26.4. The van der Waals surface area contributed by atoms with Gasteiger partial charge in [-0.2, -0.15) is 9.78 Å². The smallest absolute Gasteiger partial charge is 0.272 e. The van der Waals surface area contributed by atoms with Crippen LogP contribution >= 0.6 is 0 Å². The Morgan fingerprint density at radius 2 is 1.85 bits per heavy atom. The molecule has 1 aromatic heterocycles. The lowest BCUT2D eigenvalue weighted by atomic mass is 10.2. The molecule has 1 N–H and O–H groups in total. The molecule has 7 heteroatoms. The average Bonchev–Trinajstić information content (AvgIpc) is 2.67. The van der Waals surface area contributed by atoms with Gasteiger partial charge in [-0.05, 0) is 48.0 Å². The van der Waals surface area contributed by atoms with E-state index in [2.05, 4.69) is 10.4 Å². The Morgan fingerprint density at radius 1 is 1.11 bits per heavy atom. The van der Waals surface area contributed by atoms with E-state index in [1.54, 1.807) is 0 Å². The van der Waals surface area contributed by atoms with Crippen LogP contribution in [0.5, 0.6) is 0 Å². The molecule has 2 aromatic carbocycles. The Labute approximate surface area is 155 Å². The summed E-state index contributed by atoms with van der Waals surface area (Å²) >= 11 is 0. The van der Waals surface area contributed by atoms with Crippen molar-refractivity contribution in [2.75, 3.05) is 19.0 Å². The first kappa shape index (κ1) is 18.3. The molecular weight excluding hydrogens is 347 g/mol. The van der Waals surface area contributed by atoms with E-state index < -0.39 is 17.3 Å². The second-order valence-electron chi connectivity index (χ2n) is 6.19. The molecule has 6 nitrogen and oxygen atoms in total. The van der Waals surface area contributed by atoms with Crippen molar-refractivity contribution in [2.24, 2.45) is 0 Å². The van der Waals surface area contributed by atoms with Crippen LogP contribution in [0.4, 0.5) is 10.1 Å². The SMILES string of the molecule is CN(C)c1cccc(CNC(=O)c2ccc(=O)n(-c3ccc(F)cc3)n2)c1. The van der Waals surface area contributed by atoms with Crippen molar-refractivity contribution in [1.29, 1.82) is 0 Å². The Hall–Kier alpha value is -3.48. The molecule has 1 amide bonds. The predicted octanol–water partition coefficient (Wildman–Crippen LogP) is 2.37. The Bertz CT molecular complexity index is 1010. The number of nitrogens with zero attached hydrogens (tertiary/aromatic N) is 3. The van der Waals surface area contributed by atoms with Gasteiger partial charge in [-0.1, -0.05) is 12.1 Å². The minimum Gasteiger partial charge on any atom is -0.378 e. The molecule has 138 valence electrons. The lowest BCUT2D eigenvalue weighted by molar-refractivity contribution is 0.0944. The quantitative estimate of drug-likeness (QED) is 0.753. The largest absolute Gasteiger partial charge is 0.378 e. The number of carbonyl (C=O) groups excluding carboxylic acids is 1. The molecule has 0 unspecified atom stereocenters. The van der Waals surface area contributed by atoms with E-state index in [0.29, 0.717) is 12.2 Å². The van der Waals surface area contributed by atoms with Crippen molar-refractivity contribution in [3.8, 4) is 5.69 Å². The van der Waals surface area contributed by atoms with Gasteiger partial charge in [0.1, 0.15) is 11.5 Å². The van der Waals surface area contributed by atoms with Crippen LogP contribution in [0.25, 0.3) is 5.69 Å². The predicted molar refractivity (Wildman–Crippen MR) is 102 cm³/mol. The second-order valence-corrected chi connectivity index (χ2v) is 6.19. The Kier molecular flexibility index (Phi) is 5.30. The van der Waals surface area contributed by atoms with E-state index in [-0.39, 0.29) is 5.69 Å². The summed E-state index contributed by atoms with van der Waals surface area (Å²) in [6, 6.07) is 15.7. The fourth-order valence-electron chi connectivity index (χ4n) is 2.52. The van der Waals surface area contributed by atoms with Gasteiger partial charge in [-0.3, -0.25) is 9.59 Å². The molecule has 0 bridgehead atoms. The van der Waals surface area contributed by atoms with E-state index >= 15 is 0 Å². The maximum absolute atomic E-state index is 13.1. The highest BCUT2D eigenvalue weighted by atomic mass is 19.1. The number of hydrogen-bond donors (Lipinski definition) is 1. The molecule has 0 saturated carbocycles. The molecule has 0 fully saturated rings. The fourth-order valence-corrected chi connectivity index (χ4v) is 2.52. The van der Waals surface area contributed by atoms with Crippen LogP contribution in [0, 0.1) is 5.82 Å². The lowest BCUT2D eigenvalue weighted by Crippen LogP contribution is -2.28. The van der Waals surface area contributed by atoms with E-state index in [0.717, 1.165) is 15.9 Å². The topological polar surface area (TPSA) is 67.2 Å². The third-order valence-electron chi connectivity index (χ3n) is 3.98. The van der Waals surface area contributed by atoms with Gasteiger partial charge < -0.3 is 10.2 Å². The summed E-state index contributed by atoms with van der Waals surface area (Å²) in [5.74, 6) is -0.818. The molecule has 0 radical (unpaired) electrons. The molecule has 3 rings (SSSR count). The van der Waals surface area contributed by atoms with Gasteiger partial charge in [0.2, 0.25) is 0 Å². The van der Waals surface area contributed by atoms with Crippen molar-refractivity contribution in [1.82, 2.24) is 15.1 Å². The molecule has 0 aliphatic carbocycles. The number of amides is 1. The molecule has 0 saturated heterocycles. The number of hydrogen-bond acceptors (Lipinski definition) is 4. The molecule has 0 aliphatic heterocycles. The lowest BCUT2D eigenvalue weighted by Gasteiger charge is -2.14. The highest BCUT2D eigenvalue weighted by Crippen LogP contribution is 2.13. The molecule has 1 heterocycles. The maximum atomic E-state index is 13.1. The van der Waals surface area contributed by atoms with Crippen molar-refractivity contribution in [2.45, 2.75) is 6.54 Å². The minimum atomic E-state index is -0.416. The van der Waals surface area contributed by atoms with Gasteiger partial charge in [0.05, 0.1) is 5.69 Å². The van der Waals surface area contributed by atoms with Gasteiger partial charge in [-0.25, -0.2) is 4.39 Å².